The first-order chi connectivity index (χ1) is 9.13. The fourth-order valence-corrected chi connectivity index (χ4v) is 2.54. The number of hydrogen-bond donors (Lipinski definition) is 1. The molecule has 2 unspecified atom stereocenters. The molecule has 0 radical (unpaired) electrons. The molecule has 1 aliphatic carbocycles. The zero-order valence-electron chi connectivity index (χ0n) is 10.8. The van der Waals surface area contributed by atoms with E-state index in [0.29, 0.717) is 17.3 Å². The molecule has 1 fully saturated rings. The average molecular weight is 261 g/mol. The third-order valence-corrected chi connectivity index (χ3v) is 3.68. The summed E-state index contributed by atoms with van der Waals surface area (Å²) < 4.78 is 18.5. The van der Waals surface area contributed by atoms with E-state index < -0.39 is 0 Å². The number of nitrogens with zero attached hydrogens (tertiary/aromatic N) is 2. The van der Waals surface area contributed by atoms with Crippen LogP contribution in [-0.2, 0) is 0 Å². The lowest BCUT2D eigenvalue weighted by Gasteiger charge is -2.01. The van der Waals surface area contributed by atoms with Gasteiger partial charge in [0.1, 0.15) is 5.82 Å². The van der Waals surface area contributed by atoms with Gasteiger partial charge >= 0.3 is 0 Å². The first-order valence-corrected chi connectivity index (χ1v) is 6.49. The molecular weight excluding hydrogens is 245 g/mol. The van der Waals surface area contributed by atoms with Crippen LogP contribution in [0.3, 0.4) is 0 Å². The van der Waals surface area contributed by atoms with Gasteiger partial charge in [0.15, 0.2) is 0 Å². The fraction of sp³-hybridized carbons (Fsp3) is 0.429. The largest absolute Gasteiger partial charge is 0.339 e. The molecule has 4 nitrogen and oxygen atoms in total. The van der Waals surface area contributed by atoms with E-state index in [2.05, 4.69) is 10.1 Å². The van der Waals surface area contributed by atoms with Gasteiger partial charge in [-0.2, -0.15) is 4.98 Å². The number of aromatic nitrogens is 2. The molecule has 0 spiro atoms. The van der Waals surface area contributed by atoms with Crippen LogP contribution in [0.2, 0.25) is 0 Å². The first-order valence-electron chi connectivity index (χ1n) is 6.49. The summed E-state index contributed by atoms with van der Waals surface area (Å²) in [5.74, 6) is 1.19. The second-order valence-electron chi connectivity index (χ2n) is 5.19. The Kier molecular flexibility index (Phi) is 3.06. The van der Waals surface area contributed by atoms with Crippen LogP contribution in [0.5, 0.6) is 0 Å². The highest BCUT2D eigenvalue weighted by atomic mass is 19.1. The van der Waals surface area contributed by atoms with Crippen LogP contribution in [0.25, 0.3) is 11.4 Å². The second-order valence-corrected chi connectivity index (χ2v) is 5.19. The molecule has 1 aromatic heterocycles. The molecule has 5 heteroatoms. The SMILES string of the molecule is Cc1cc(-c2noc(C3CCC(N)C3)n2)ccc1F. The highest BCUT2D eigenvalue weighted by Crippen LogP contribution is 2.33. The van der Waals surface area contributed by atoms with Crippen molar-refractivity contribution in [1.29, 1.82) is 0 Å². The van der Waals surface area contributed by atoms with Crippen LogP contribution in [0, 0.1) is 12.7 Å². The highest BCUT2D eigenvalue weighted by Gasteiger charge is 2.28. The summed E-state index contributed by atoms with van der Waals surface area (Å²) >= 11 is 0. The smallest absolute Gasteiger partial charge is 0.230 e. The fourth-order valence-electron chi connectivity index (χ4n) is 2.54. The molecular formula is C14H16FN3O. The second kappa shape index (κ2) is 4.74. The van der Waals surface area contributed by atoms with Crippen molar-refractivity contribution in [2.24, 2.45) is 5.73 Å². The van der Waals surface area contributed by atoms with Crippen molar-refractivity contribution in [2.75, 3.05) is 0 Å². The van der Waals surface area contributed by atoms with E-state index in [1.54, 1.807) is 19.1 Å². The maximum Gasteiger partial charge on any atom is 0.230 e. The summed E-state index contributed by atoms with van der Waals surface area (Å²) in [6, 6.07) is 5.04. The number of halogens is 1. The van der Waals surface area contributed by atoms with Gasteiger partial charge in [0.05, 0.1) is 0 Å². The van der Waals surface area contributed by atoms with Crippen molar-refractivity contribution in [3.63, 3.8) is 0 Å². The minimum absolute atomic E-state index is 0.228. The zero-order chi connectivity index (χ0) is 13.4. The lowest BCUT2D eigenvalue weighted by Crippen LogP contribution is -2.14. The quantitative estimate of drug-likeness (QED) is 0.902. The Bertz CT molecular complexity index is 596. The van der Waals surface area contributed by atoms with Crippen molar-refractivity contribution in [2.45, 2.75) is 38.1 Å². The summed E-state index contributed by atoms with van der Waals surface area (Å²) in [5, 5.41) is 3.98. The van der Waals surface area contributed by atoms with Crippen molar-refractivity contribution < 1.29 is 8.91 Å². The van der Waals surface area contributed by atoms with Crippen LogP contribution < -0.4 is 5.73 Å². The number of nitrogens with two attached hydrogens (primary N) is 1. The molecule has 2 N–H and O–H groups in total. The normalized spacial score (nSPS) is 22.9. The summed E-state index contributed by atoms with van der Waals surface area (Å²) in [7, 11) is 0. The molecule has 3 rings (SSSR count). The van der Waals surface area contributed by atoms with E-state index in [1.807, 2.05) is 0 Å². The Balaban J connectivity index is 1.86. The summed E-state index contributed by atoms with van der Waals surface area (Å²) in [6.45, 7) is 1.72. The van der Waals surface area contributed by atoms with Crippen molar-refractivity contribution >= 4 is 0 Å². The van der Waals surface area contributed by atoms with E-state index in [9.17, 15) is 4.39 Å². The summed E-state index contributed by atoms with van der Waals surface area (Å²) in [6.07, 6.45) is 2.88. The van der Waals surface area contributed by atoms with E-state index in [-0.39, 0.29) is 17.8 Å². The standard InChI is InChI=1S/C14H16FN3O/c1-8-6-9(3-5-12(8)15)13-17-14(19-18-13)10-2-4-11(16)7-10/h3,5-6,10-11H,2,4,7,16H2,1H3. The Morgan fingerprint density at radius 1 is 1.37 bits per heavy atom. The van der Waals surface area contributed by atoms with Crippen LogP contribution in [0.4, 0.5) is 4.39 Å². The molecule has 1 aliphatic rings. The van der Waals surface area contributed by atoms with Crippen LogP contribution >= 0.6 is 0 Å². The predicted molar refractivity (Wildman–Crippen MR) is 69.0 cm³/mol. The molecule has 19 heavy (non-hydrogen) atoms. The van der Waals surface area contributed by atoms with Gasteiger partial charge in [-0.05, 0) is 49.9 Å². The lowest BCUT2D eigenvalue weighted by molar-refractivity contribution is 0.353. The van der Waals surface area contributed by atoms with Gasteiger partial charge in [0.2, 0.25) is 11.7 Å². The Hall–Kier alpha value is -1.75. The summed E-state index contributed by atoms with van der Waals surface area (Å²) in [4.78, 5) is 4.41. The number of aryl methyl sites for hydroxylation is 1. The molecule has 0 saturated heterocycles. The van der Waals surface area contributed by atoms with Gasteiger partial charge in [0, 0.05) is 17.5 Å². The monoisotopic (exact) mass is 261 g/mol. The molecule has 2 aromatic rings. The minimum atomic E-state index is -0.228. The Morgan fingerprint density at radius 2 is 2.21 bits per heavy atom. The first kappa shape index (κ1) is 12.3. The highest BCUT2D eigenvalue weighted by molar-refractivity contribution is 5.55. The Morgan fingerprint density at radius 3 is 2.89 bits per heavy atom. The van der Waals surface area contributed by atoms with E-state index in [0.717, 1.165) is 24.8 Å². The molecule has 1 saturated carbocycles. The van der Waals surface area contributed by atoms with Gasteiger partial charge in [0.25, 0.3) is 0 Å². The number of benzene rings is 1. The van der Waals surface area contributed by atoms with Crippen molar-refractivity contribution in [3.05, 3.63) is 35.5 Å². The molecule has 2 atom stereocenters. The average Bonchev–Trinajstić information content (AvgIpc) is 3.01. The van der Waals surface area contributed by atoms with E-state index in [1.165, 1.54) is 6.07 Å². The Labute approximate surface area is 110 Å². The maximum atomic E-state index is 13.2. The molecule has 1 heterocycles. The van der Waals surface area contributed by atoms with Gasteiger partial charge < -0.3 is 10.3 Å². The van der Waals surface area contributed by atoms with Gasteiger partial charge in [-0.25, -0.2) is 4.39 Å². The number of rotatable bonds is 2. The zero-order valence-corrected chi connectivity index (χ0v) is 10.8. The van der Waals surface area contributed by atoms with Crippen LogP contribution in [0.15, 0.2) is 22.7 Å². The third-order valence-electron chi connectivity index (χ3n) is 3.68. The molecule has 0 aliphatic heterocycles. The number of hydrogen-bond acceptors (Lipinski definition) is 4. The van der Waals surface area contributed by atoms with E-state index in [4.69, 9.17) is 10.3 Å². The third kappa shape index (κ3) is 2.38. The minimum Gasteiger partial charge on any atom is -0.339 e. The lowest BCUT2D eigenvalue weighted by atomic mass is 10.1. The van der Waals surface area contributed by atoms with Crippen molar-refractivity contribution in [1.82, 2.24) is 10.1 Å². The topological polar surface area (TPSA) is 64.9 Å². The maximum absolute atomic E-state index is 13.2. The molecule has 100 valence electrons. The molecule has 0 amide bonds. The molecule has 0 bridgehead atoms. The van der Waals surface area contributed by atoms with Crippen LogP contribution in [0.1, 0.15) is 36.6 Å². The van der Waals surface area contributed by atoms with E-state index >= 15 is 0 Å². The van der Waals surface area contributed by atoms with Gasteiger partial charge in [-0.1, -0.05) is 5.16 Å². The molecule has 1 aromatic carbocycles. The predicted octanol–water partition coefficient (Wildman–Crippen LogP) is 2.78. The van der Waals surface area contributed by atoms with Gasteiger partial charge in [-0.3, -0.25) is 0 Å². The van der Waals surface area contributed by atoms with Crippen LogP contribution in [-0.4, -0.2) is 16.2 Å². The van der Waals surface area contributed by atoms with Gasteiger partial charge in [-0.15, -0.1) is 0 Å². The summed E-state index contributed by atoms with van der Waals surface area (Å²) in [5.41, 5.74) is 7.24. The van der Waals surface area contributed by atoms with Crippen molar-refractivity contribution in [3.8, 4) is 11.4 Å².